The molecule has 8 nitrogen and oxygen atoms in total. The highest BCUT2D eigenvalue weighted by molar-refractivity contribution is 6.30. The largest absolute Gasteiger partial charge is 0.368 e. The molecule has 0 spiro atoms. The molecule has 0 saturated carbocycles. The van der Waals surface area contributed by atoms with Crippen molar-refractivity contribution in [3.05, 3.63) is 59.3 Å². The third kappa shape index (κ3) is 4.45. The number of likely N-dealkylation sites (N-methyl/N-ethyl adjacent to an activating group) is 1. The van der Waals surface area contributed by atoms with Gasteiger partial charge >= 0.3 is 0 Å². The van der Waals surface area contributed by atoms with Crippen molar-refractivity contribution in [2.45, 2.75) is 26.3 Å². The summed E-state index contributed by atoms with van der Waals surface area (Å²) in [6, 6.07) is 7.17. The predicted molar refractivity (Wildman–Crippen MR) is 108 cm³/mol. The average Bonchev–Trinajstić information content (AvgIpc) is 3.23. The van der Waals surface area contributed by atoms with Gasteiger partial charge in [0.15, 0.2) is 5.69 Å². The summed E-state index contributed by atoms with van der Waals surface area (Å²) in [4.78, 5) is 25.0. The molecule has 3 rings (SSSR count). The lowest BCUT2D eigenvalue weighted by Crippen LogP contribution is -2.42. The average molecular weight is 400 g/mol. The Bertz CT molecular complexity index is 928. The minimum Gasteiger partial charge on any atom is -0.368 e. The minimum absolute atomic E-state index is 0.0503. The van der Waals surface area contributed by atoms with Crippen LogP contribution in [0.25, 0.3) is 5.69 Å². The second kappa shape index (κ2) is 8.79. The van der Waals surface area contributed by atoms with Gasteiger partial charge in [-0.05, 0) is 37.6 Å². The number of amides is 1. The molecule has 28 heavy (non-hydrogen) atoms. The second-order valence-electron chi connectivity index (χ2n) is 6.36. The lowest BCUT2D eigenvalue weighted by Gasteiger charge is -2.28. The fourth-order valence-corrected chi connectivity index (χ4v) is 2.91. The Kier molecular flexibility index (Phi) is 6.20. The van der Waals surface area contributed by atoms with Gasteiger partial charge in [-0.1, -0.05) is 18.5 Å². The van der Waals surface area contributed by atoms with E-state index in [1.165, 1.54) is 4.80 Å². The highest BCUT2D eigenvalue weighted by Crippen LogP contribution is 2.16. The van der Waals surface area contributed by atoms with Gasteiger partial charge in [0.05, 0.1) is 17.4 Å². The van der Waals surface area contributed by atoms with Gasteiger partial charge in [0.25, 0.3) is 5.91 Å². The molecule has 3 aromatic rings. The fourth-order valence-electron chi connectivity index (χ4n) is 2.80. The molecule has 3 aromatic heterocycles. The van der Waals surface area contributed by atoms with Crippen LogP contribution >= 0.6 is 11.6 Å². The number of halogens is 1. The van der Waals surface area contributed by atoms with Gasteiger partial charge < -0.3 is 10.2 Å². The van der Waals surface area contributed by atoms with E-state index >= 15 is 0 Å². The molecule has 0 aliphatic rings. The first kappa shape index (κ1) is 19.8. The highest BCUT2D eigenvalue weighted by Gasteiger charge is 2.24. The lowest BCUT2D eigenvalue weighted by atomic mass is 10.1. The molecule has 0 saturated heterocycles. The third-order valence-corrected chi connectivity index (χ3v) is 4.66. The Balaban J connectivity index is 1.78. The Hall–Kier alpha value is -3.00. The quantitative estimate of drug-likeness (QED) is 0.657. The Morgan fingerprint density at radius 1 is 1.25 bits per heavy atom. The number of aryl methyl sites for hydroxylation is 1. The first-order valence-electron chi connectivity index (χ1n) is 8.96. The Labute approximate surface area is 168 Å². The molecule has 0 aliphatic carbocycles. The monoisotopic (exact) mass is 399 g/mol. The van der Waals surface area contributed by atoms with E-state index in [2.05, 4.69) is 25.5 Å². The number of aromatic nitrogens is 5. The maximum Gasteiger partial charge on any atom is 0.274 e. The summed E-state index contributed by atoms with van der Waals surface area (Å²) in [7, 11) is 1.78. The van der Waals surface area contributed by atoms with Crippen LogP contribution in [0.1, 0.15) is 29.5 Å². The van der Waals surface area contributed by atoms with Crippen LogP contribution in [0.4, 0.5) is 5.82 Å². The van der Waals surface area contributed by atoms with E-state index in [1.807, 2.05) is 19.9 Å². The second-order valence-corrected chi connectivity index (χ2v) is 6.80. The summed E-state index contributed by atoms with van der Waals surface area (Å²) in [6.45, 7) is 4.43. The molecule has 1 N–H and O–H groups in total. The summed E-state index contributed by atoms with van der Waals surface area (Å²) in [5, 5.41) is 12.1. The van der Waals surface area contributed by atoms with Gasteiger partial charge in [0, 0.05) is 31.5 Å². The zero-order chi connectivity index (χ0) is 20.1. The smallest absolute Gasteiger partial charge is 0.274 e. The van der Waals surface area contributed by atoms with Gasteiger partial charge in [0.1, 0.15) is 11.5 Å². The number of hydrogen-bond donors (Lipinski definition) is 1. The van der Waals surface area contributed by atoms with E-state index in [1.54, 1.807) is 48.7 Å². The van der Waals surface area contributed by atoms with Crippen molar-refractivity contribution in [2.75, 3.05) is 18.9 Å². The van der Waals surface area contributed by atoms with Crippen LogP contribution in [-0.2, 0) is 0 Å². The normalized spacial score (nSPS) is 11.9. The number of rotatable bonds is 7. The summed E-state index contributed by atoms with van der Waals surface area (Å²) in [6.07, 6.45) is 5.48. The number of nitrogens with zero attached hydrogens (tertiary/aromatic N) is 6. The van der Waals surface area contributed by atoms with Crippen LogP contribution in [0.2, 0.25) is 5.02 Å². The van der Waals surface area contributed by atoms with Crippen LogP contribution in [0.5, 0.6) is 0 Å². The lowest BCUT2D eigenvalue weighted by molar-refractivity contribution is 0.0729. The molecule has 1 unspecified atom stereocenters. The van der Waals surface area contributed by atoms with Gasteiger partial charge in [0.2, 0.25) is 0 Å². The van der Waals surface area contributed by atoms with Gasteiger partial charge in [-0.3, -0.25) is 4.79 Å². The van der Waals surface area contributed by atoms with Gasteiger partial charge in [-0.25, -0.2) is 9.97 Å². The van der Waals surface area contributed by atoms with E-state index in [4.69, 9.17) is 11.6 Å². The SMILES string of the molecule is CCC(CNc1ccc(Cl)cn1)N(C)C(=O)c1nc(C)ccc1-n1nccn1. The summed E-state index contributed by atoms with van der Waals surface area (Å²) in [5.41, 5.74) is 1.63. The molecule has 0 aromatic carbocycles. The standard InChI is InChI=1S/C19H22ClN7O/c1-4-15(12-22-17-8-6-14(20)11-21-17)26(3)19(28)18-16(7-5-13(2)25-18)27-23-9-10-24-27/h5-11,15H,4,12H2,1-3H3,(H,21,22). The van der Waals surface area contributed by atoms with Crippen molar-refractivity contribution in [1.82, 2.24) is 29.9 Å². The minimum atomic E-state index is -0.186. The first-order valence-corrected chi connectivity index (χ1v) is 9.34. The molecule has 0 aliphatic heterocycles. The third-order valence-electron chi connectivity index (χ3n) is 4.44. The Morgan fingerprint density at radius 2 is 2.00 bits per heavy atom. The molecular formula is C19H22ClN7O. The van der Waals surface area contributed by atoms with Crippen molar-refractivity contribution < 1.29 is 4.79 Å². The van der Waals surface area contributed by atoms with Crippen LogP contribution in [0.3, 0.4) is 0 Å². The predicted octanol–water partition coefficient (Wildman–Crippen LogP) is 2.98. The molecule has 0 radical (unpaired) electrons. The number of carbonyl (C=O) groups is 1. The molecule has 1 atom stereocenters. The topological polar surface area (TPSA) is 88.8 Å². The molecule has 146 valence electrons. The molecular weight excluding hydrogens is 378 g/mol. The Morgan fingerprint density at radius 3 is 2.64 bits per heavy atom. The number of nitrogens with one attached hydrogen (secondary N) is 1. The van der Waals surface area contributed by atoms with E-state index in [0.717, 1.165) is 12.1 Å². The number of carbonyl (C=O) groups excluding carboxylic acids is 1. The van der Waals surface area contributed by atoms with Crippen molar-refractivity contribution in [3.63, 3.8) is 0 Å². The molecule has 0 fully saturated rings. The number of anilines is 1. The van der Waals surface area contributed by atoms with E-state index < -0.39 is 0 Å². The van der Waals surface area contributed by atoms with Crippen molar-refractivity contribution in [2.24, 2.45) is 0 Å². The van der Waals surface area contributed by atoms with Gasteiger partial charge in [-0.2, -0.15) is 10.2 Å². The number of hydrogen-bond acceptors (Lipinski definition) is 6. The summed E-state index contributed by atoms with van der Waals surface area (Å²) < 4.78 is 0. The molecule has 3 heterocycles. The van der Waals surface area contributed by atoms with E-state index in [0.29, 0.717) is 28.8 Å². The van der Waals surface area contributed by atoms with Crippen molar-refractivity contribution >= 4 is 23.3 Å². The fraction of sp³-hybridized carbons (Fsp3) is 0.316. The van der Waals surface area contributed by atoms with Crippen LogP contribution in [0, 0.1) is 6.92 Å². The summed E-state index contributed by atoms with van der Waals surface area (Å²) >= 11 is 5.87. The number of pyridine rings is 2. The van der Waals surface area contributed by atoms with E-state index in [-0.39, 0.29) is 11.9 Å². The molecule has 9 heteroatoms. The van der Waals surface area contributed by atoms with Gasteiger partial charge in [-0.15, -0.1) is 4.80 Å². The van der Waals surface area contributed by atoms with Crippen molar-refractivity contribution in [1.29, 1.82) is 0 Å². The molecule has 1 amide bonds. The first-order chi connectivity index (χ1) is 13.5. The zero-order valence-electron chi connectivity index (χ0n) is 16.0. The maximum absolute atomic E-state index is 13.2. The zero-order valence-corrected chi connectivity index (χ0v) is 16.8. The maximum atomic E-state index is 13.2. The van der Waals surface area contributed by atoms with Crippen LogP contribution < -0.4 is 5.32 Å². The summed E-state index contributed by atoms with van der Waals surface area (Å²) in [5.74, 6) is 0.521. The molecule has 0 bridgehead atoms. The highest BCUT2D eigenvalue weighted by atomic mass is 35.5. The van der Waals surface area contributed by atoms with Crippen LogP contribution in [-0.4, -0.2) is 55.4 Å². The van der Waals surface area contributed by atoms with Crippen LogP contribution in [0.15, 0.2) is 42.9 Å². The van der Waals surface area contributed by atoms with Crippen molar-refractivity contribution in [3.8, 4) is 5.69 Å². The van der Waals surface area contributed by atoms with E-state index in [9.17, 15) is 4.79 Å².